The van der Waals surface area contributed by atoms with E-state index in [1.54, 1.807) is 0 Å². The standard InChI is InChI=1S/C17H9Cl2N5O5S/c18-11-3-1-9(5-13(11)23(26)27)7-15-16(25)21-17(30-15)22-20-8-10-2-4-12(19)14(6-10)24(28)29/h1-8H,(H,21,22,25)/b15-7+,20-8+. The summed E-state index contributed by atoms with van der Waals surface area (Å²) in [5, 5.41) is 32.2. The first kappa shape index (κ1) is 21.4. The number of halogens is 2. The molecule has 1 amide bonds. The summed E-state index contributed by atoms with van der Waals surface area (Å²) in [6.45, 7) is 0. The highest BCUT2D eigenvalue weighted by Gasteiger charge is 2.24. The molecular weight excluding hydrogens is 457 g/mol. The van der Waals surface area contributed by atoms with Gasteiger partial charge in [-0.2, -0.15) is 5.10 Å². The van der Waals surface area contributed by atoms with E-state index < -0.39 is 15.8 Å². The number of hydrogen-bond donors (Lipinski definition) is 1. The lowest BCUT2D eigenvalue weighted by atomic mass is 10.2. The van der Waals surface area contributed by atoms with Gasteiger partial charge >= 0.3 is 0 Å². The highest BCUT2D eigenvalue weighted by Crippen LogP contribution is 2.30. The van der Waals surface area contributed by atoms with E-state index in [1.165, 1.54) is 48.7 Å². The average molecular weight is 466 g/mol. The average Bonchev–Trinajstić information content (AvgIpc) is 3.03. The Balaban J connectivity index is 1.76. The maximum Gasteiger partial charge on any atom is 0.288 e. The van der Waals surface area contributed by atoms with Gasteiger partial charge in [0.1, 0.15) is 10.0 Å². The summed E-state index contributed by atoms with van der Waals surface area (Å²) in [7, 11) is 0. The molecule has 1 saturated heterocycles. The van der Waals surface area contributed by atoms with Crippen molar-refractivity contribution in [2.75, 3.05) is 0 Å². The molecule has 30 heavy (non-hydrogen) atoms. The molecule has 2 aromatic rings. The summed E-state index contributed by atoms with van der Waals surface area (Å²) in [5.41, 5.74) is 0.278. The molecule has 2 aromatic carbocycles. The molecule has 1 aliphatic rings. The van der Waals surface area contributed by atoms with Crippen LogP contribution in [0.2, 0.25) is 10.0 Å². The lowest BCUT2D eigenvalue weighted by molar-refractivity contribution is -0.384. The first-order chi connectivity index (χ1) is 14.2. The SMILES string of the molecule is O=C1N/C(=N\N=C\c2ccc(Cl)c([N+](=O)[O-])c2)S/C1=C/c1ccc(Cl)c([N+](=O)[O-])c1. The number of carbonyl (C=O) groups excluding carboxylic acids is 1. The minimum atomic E-state index is -0.616. The van der Waals surface area contributed by atoms with Crippen molar-refractivity contribution in [2.45, 2.75) is 0 Å². The van der Waals surface area contributed by atoms with E-state index in [0.717, 1.165) is 11.8 Å². The van der Waals surface area contributed by atoms with E-state index in [9.17, 15) is 25.0 Å². The van der Waals surface area contributed by atoms with Crippen LogP contribution in [0.1, 0.15) is 11.1 Å². The summed E-state index contributed by atoms with van der Waals surface area (Å²) >= 11 is 12.5. The number of nitrogens with one attached hydrogen (secondary N) is 1. The Kier molecular flexibility index (Phi) is 6.45. The number of amidine groups is 1. The quantitative estimate of drug-likeness (QED) is 0.300. The van der Waals surface area contributed by atoms with Crippen molar-refractivity contribution in [3.05, 3.63) is 82.7 Å². The largest absolute Gasteiger partial charge is 0.299 e. The summed E-state index contributed by atoms with van der Waals surface area (Å²) in [6.07, 6.45) is 2.73. The minimum absolute atomic E-state index is 0.000657. The van der Waals surface area contributed by atoms with Crippen LogP contribution < -0.4 is 5.32 Å². The molecule has 0 aliphatic carbocycles. The Bertz CT molecular complexity index is 1170. The van der Waals surface area contributed by atoms with Gasteiger partial charge in [-0.15, -0.1) is 5.10 Å². The highest BCUT2D eigenvalue weighted by atomic mass is 35.5. The summed E-state index contributed by atoms with van der Waals surface area (Å²) in [5.74, 6) is -0.450. The molecule has 0 spiro atoms. The maximum absolute atomic E-state index is 12.1. The summed E-state index contributed by atoms with van der Waals surface area (Å²) < 4.78 is 0. The van der Waals surface area contributed by atoms with Gasteiger partial charge in [0, 0.05) is 17.7 Å². The lowest BCUT2D eigenvalue weighted by Crippen LogP contribution is -2.19. The number of nitrogens with zero attached hydrogens (tertiary/aromatic N) is 4. The van der Waals surface area contributed by atoms with Crippen LogP contribution in [-0.2, 0) is 4.79 Å². The van der Waals surface area contributed by atoms with Crippen molar-refractivity contribution < 1.29 is 14.6 Å². The van der Waals surface area contributed by atoms with Crippen LogP contribution in [0, 0.1) is 20.2 Å². The normalized spacial score (nSPS) is 16.4. The lowest BCUT2D eigenvalue weighted by Gasteiger charge is -1.98. The number of thioether (sulfide) groups is 1. The van der Waals surface area contributed by atoms with Crippen LogP contribution in [-0.4, -0.2) is 27.1 Å². The molecule has 0 unspecified atom stereocenters. The van der Waals surface area contributed by atoms with Crippen LogP contribution >= 0.6 is 35.0 Å². The smallest absolute Gasteiger partial charge is 0.288 e. The predicted octanol–water partition coefficient (Wildman–Crippen LogP) is 4.40. The van der Waals surface area contributed by atoms with E-state index in [1.807, 2.05) is 0 Å². The van der Waals surface area contributed by atoms with Gasteiger partial charge in [0.15, 0.2) is 5.17 Å². The topological polar surface area (TPSA) is 140 Å². The summed E-state index contributed by atoms with van der Waals surface area (Å²) in [6, 6.07) is 8.30. The Morgan fingerprint density at radius 2 is 1.53 bits per heavy atom. The van der Waals surface area contributed by atoms with Gasteiger partial charge in [0.05, 0.1) is 21.0 Å². The Hall–Kier alpha value is -3.28. The zero-order valence-electron chi connectivity index (χ0n) is 14.6. The molecule has 1 heterocycles. The number of hydrogen-bond acceptors (Lipinski definition) is 8. The second-order valence-corrected chi connectivity index (χ2v) is 7.50. The molecule has 3 rings (SSSR count). The molecule has 0 saturated carbocycles. The van der Waals surface area contributed by atoms with Gasteiger partial charge in [-0.05, 0) is 35.5 Å². The molecule has 0 atom stereocenters. The van der Waals surface area contributed by atoms with Gasteiger partial charge in [0.25, 0.3) is 17.3 Å². The number of nitro groups is 2. The molecule has 1 N–H and O–H groups in total. The maximum atomic E-state index is 12.1. The fourth-order valence-corrected chi connectivity index (χ4v) is 3.44. The van der Waals surface area contributed by atoms with Crippen LogP contribution in [0.3, 0.4) is 0 Å². The van der Waals surface area contributed by atoms with Crippen molar-refractivity contribution >= 4 is 69.7 Å². The third-order valence-electron chi connectivity index (χ3n) is 3.64. The molecule has 10 nitrogen and oxygen atoms in total. The monoisotopic (exact) mass is 465 g/mol. The van der Waals surface area contributed by atoms with Crippen LogP contribution in [0.25, 0.3) is 6.08 Å². The third-order valence-corrected chi connectivity index (χ3v) is 5.18. The van der Waals surface area contributed by atoms with Crippen molar-refractivity contribution in [2.24, 2.45) is 10.2 Å². The molecule has 13 heteroatoms. The first-order valence-electron chi connectivity index (χ1n) is 7.94. The van der Waals surface area contributed by atoms with E-state index in [0.29, 0.717) is 11.1 Å². The van der Waals surface area contributed by atoms with Crippen LogP contribution in [0.15, 0.2) is 51.5 Å². The van der Waals surface area contributed by atoms with Crippen molar-refractivity contribution in [1.29, 1.82) is 0 Å². The van der Waals surface area contributed by atoms with E-state index in [-0.39, 0.29) is 31.5 Å². The van der Waals surface area contributed by atoms with Crippen molar-refractivity contribution in [1.82, 2.24) is 5.32 Å². The van der Waals surface area contributed by atoms with E-state index >= 15 is 0 Å². The number of benzene rings is 2. The second kappa shape index (κ2) is 9.03. The molecule has 152 valence electrons. The number of rotatable bonds is 5. The zero-order valence-corrected chi connectivity index (χ0v) is 16.9. The van der Waals surface area contributed by atoms with Crippen LogP contribution in [0.5, 0.6) is 0 Å². The van der Waals surface area contributed by atoms with Crippen LogP contribution in [0.4, 0.5) is 11.4 Å². The Morgan fingerprint density at radius 3 is 2.13 bits per heavy atom. The molecule has 1 fully saturated rings. The van der Waals surface area contributed by atoms with E-state index in [4.69, 9.17) is 23.2 Å². The predicted molar refractivity (Wildman–Crippen MR) is 115 cm³/mol. The Morgan fingerprint density at radius 1 is 0.967 bits per heavy atom. The van der Waals surface area contributed by atoms with Gasteiger partial charge in [0.2, 0.25) is 0 Å². The third kappa shape index (κ3) is 5.00. The first-order valence-corrected chi connectivity index (χ1v) is 9.51. The fourth-order valence-electron chi connectivity index (χ4n) is 2.28. The summed E-state index contributed by atoms with van der Waals surface area (Å²) in [4.78, 5) is 33.0. The van der Waals surface area contributed by atoms with Crippen molar-refractivity contribution in [3.8, 4) is 0 Å². The molecule has 0 radical (unpaired) electrons. The van der Waals surface area contributed by atoms with Gasteiger partial charge < -0.3 is 0 Å². The zero-order chi connectivity index (χ0) is 21.8. The fraction of sp³-hybridized carbons (Fsp3) is 0. The minimum Gasteiger partial charge on any atom is -0.299 e. The highest BCUT2D eigenvalue weighted by molar-refractivity contribution is 8.18. The molecular formula is C17H9Cl2N5O5S. The van der Waals surface area contributed by atoms with E-state index in [2.05, 4.69) is 15.5 Å². The molecule has 0 aromatic heterocycles. The van der Waals surface area contributed by atoms with Gasteiger partial charge in [-0.25, -0.2) is 0 Å². The molecule has 1 aliphatic heterocycles. The number of carbonyl (C=O) groups is 1. The number of nitro benzene ring substituents is 2. The van der Waals surface area contributed by atoms with Crippen molar-refractivity contribution in [3.63, 3.8) is 0 Å². The van der Waals surface area contributed by atoms with Gasteiger partial charge in [-0.3, -0.25) is 30.3 Å². The Labute approximate surface area is 182 Å². The molecule has 0 bridgehead atoms. The van der Waals surface area contributed by atoms with Gasteiger partial charge in [-0.1, -0.05) is 35.3 Å². The second-order valence-electron chi connectivity index (χ2n) is 5.65. The number of amides is 1.